The summed E-state index contributed by atoms with van der Waals surface area (Å²) >= 11 is 0. The molecule has 5 rings (SSSR count). The number of ether oxygens (including phenoxy) is 1. The molecule has 9 heteroatoms. The van der Waals surface area contributed by atoms with E-state index in [0.29, 0.717) is 17.4 Å². The van der Waals surface area contributed by atoms with E-state index in [1.54, 1.807) is 26.0 Å². The number of hydrogen-bond donors (Lipinski definition) is 2. The number of aromatic carboxylic acids is 1. The molecule has 8 nitrogen and oxygen atoms in total. The number of carboxylic acids is 1. The van der Waals surface area contributed by atoms with E-state index in [2.05, 4.69) is 32.2 Å². The third-order valence-electron chi connectivity index (χ3n) is 8.52. The summed E-state index contributed by atoms with van der Waals surface area (Å²) in [5.74, 6) is -0.757. The molecule has 3 aliphatic carbocycles. The monoisotopic (exact) mass is 482 g/mol. The van der Waals surface area contributed by atoms with Crippen LogP contribution in [0.4, 0.5) is 0 Å². The fourth-order valence-corrected chi connectivity index (χ4v) is 6.38. The van der Waals surface area contributed by atoms with Gasteiger partial charge in [0.15, 0.2) is 0 Å². The number of benzene rings is 1. The number of para-hydroxylation sites is 1. The van der Waals surface area contributed by atoms with Gasteiger partial charge in [0.1, 0.15) is 11.3 Å². The van der Waals surface area contributed by atoms with Crippen LogP contribution >= 0.6 is 0 Å². The lowest BCUT2D eigenvalue weighted by Gasteiger charge is -2.64. The SMILES string of the molecule is COc1c(CC(NC(=O)CC(C)(C)C#N)B2OC3CC4CC(C4(C)C)C3(C)O2)cccc1C(=O)O. The highest BCUT2D eigenvalue weighted by atomic mass is 16.7. The molecule has 0 radical (unpaired) electrons. The zero-order valence-electron chi connectivity index (χ0n) is 21.4. The van der Waals surface area contributed by atoms with Crippen LogP contribution < -0.4 is 10.1 Å². The smallest absolute Gasteiger partial charge is 0.482 e. The summed E-state index contributed by atoms with van der Waals surface area (Å²) in [5, 5.41) is 22.0. The van der Waals surface area contributed by atoms with Crippen molar-refractivity contribution >= 4 is 19.0 Å². The molecule has 1 aromatic rings. The molecule has 188 valence electrons. The Hall–Kier alpha value is -2.57. The molecule has 2 bridgehead atoms. The molecule has 35 heavy (non-hydrogen) atoms. The number of amides is 1. The van der Waals surface area contributed by atoms with Gasteiger partial charge in [-0.25, -0.2) is 4.79 Å². The maximum absolute atomic E-state index is 13.0. The van der Waals surface area contributed by atoms with E-state index in [1.807, 2.05) is 0 Å². The minimum absolute atomic E-state index is 0.0252. The second-order valence-electron chi connectivity index (χ2n) is 11.7. The van der Waals surface area contributed by atoms with Crippen molar-refractivity contribution in [3.63, 3.8) is 0 Å². The molecule has 4 fully saturated rings. The second kappa shape index (κ2) is 8.83. The van der Waals surface area contributed by atoms with Gasteiger partial charge in [-0.15, -0.1) is 0 Å². The van der Waals surface area contributed by atoms with Gasteiger partial charge in [0.25, 0.3) is 0 Å². The van der Waals surface area contributed by atoms with Crippen LogP contribution in [-0.4, -0.2) is 48.9 Å². The van der Waals surface area contributed by atoms with Crippen LogP contribution in [0.1, 0.15) is 69.8 Å². The molecule has 0 aromatic heterocycles. The van der Waals surface area contributed by atoms with Crippen molar-refractivity contribution in [2.45, 2.75) is 77.9 Å². The normalized spacial score (nSPS) is 29.4. The number of carboxylic acid groups (broad SMARTS) is 1. The highest BCUT2D eigenvalue weighted by Crippen LogP contribution is 2.65. The Morgan fingerprint density at radius 3 is 2.66 bits per heavy atom. The lowest BCUT2D eigenvalue weighted by Crippen LogP contribution is -2.65. The number of hydrogen-bond acceptors (Lipinski definition) is 6. The van der Waals surface area contributed by atoms with Crippen molar-refractivity contribution < 1.29 is 28.7 Å². The van der Waals surface area contributed by atoms with Crippen LogP contribution in [0, 0.1) is 34.0 Å². The van der Waals surface area contributed by atoms with Gasteiger partial charge in [0.05, 0.1) is 36.2 Å². The Kier molecular flexibility index (Phi) is 6.44. The number of rotatable bonds is 8. The predicted octanol–water partition coefficient (Wildman–Crippen LogP) is 3.63. The predicted molar refractivity (Wildman–Crippen MR) is 130 cm³/mol. The molecule has 1 heterocycles. The van der Waals surface area contributed by atoms with E-state index < -0.39 is 30.0 Å². The van der Waals surface area contributed by atoms with Crippen LogP contribution in [0.15, 0.2) is 18.2 Å². The van der Waals surface area contributed by atoms with Crippen LogP contribution in [-0.2, 0) is 20.5 Å². The van der Waals surface area contributed by atoms with E-state index in [4.69, 9.17) is 14.0 Å². The maximum Gasteiger partial charge on any atom is 0.482 e. The van der Waals surface area contributed by atoms with Crippen molar-refractivity contribution in [2.75, 3.05) is 7.11 Å². The first kappa shape index (κ1) is 25.5. The number of carbonyl (C=O) groups is 2. The topological polar surface area (TPSA) is 118 Å². The largest absolute Gasteiger partial charge is 0.496 e. The van der Waals surface area contributed by atoms with Gasteiger partial charge in [0, 0.05) is 6.42 Å². The third-order valence-corrected chi connectivity index (χ3v) is 8.52. The highest BCUT2D eigenvalue weighted by molar-refractivity contribution is 6.48. The summed E-state index contributed by atoms with van der Waals surface area (Å²) in [6.45, 7) is 10.1. The van der Waals surface area contributed by atoms with Gasteiger partial charge in [0.2, 0.25) is 5.91 Å². The summed E-state index contributed by atoms with van der Waals surface area (Å²) < 4.78 is 18.5. The second-order valence-corrected chi connectivity index (χ2v) is 11.7. The van der Waals surface area contributed by atoms with Crippen LogP contribution in [0.5, 0.6) is 5.75 Å². The van der Waals surface area contributed by atoms with Crippen molar-refractivity contribution in [3.05, 3.63) is 29.3 Å². The molecule has 1 aliphatic heterocycles. The lowest BCUT2D eigenvalue weighted by molar-refractivity contribution is -0.199. The Bertz CT molecular complexity index is 1070. The first-order valence-electron chi connectivity index (χ1n) is 12.3. The van der Waals surface area contributed by atoms with Crippen molar-refractivity contribution in [1.82, 2.24) is 5.32 Å². The first-order chi connectivity index (χ1) is 16.3. The number of nitrogens with zero attached hydrogens (tertiary/aromatic N) is 1. The Morgan fingerprint density at radius 1 is 1.34 bits per heavy atom. The summed E-state index contributed by atoms with van der Waals surface area (Å²) in [6.07, 6.45) is 2.24. The molecule has 1 amide bonds. The van der Waals surface area contributed by atoms with Crippen molar-refractivity contribution in [2.24, 2.45) is 22.7 Å². The summed E-state index contributed by atoms with van der Waals surface area (Å²) in [4.78, 5) is 24.7. The Labute approximate surface area is 207 Å². The number of carbonyl (C=O) groups excluding carboxylic acids is 1. The third kappa shape index (κ3) is 4.43. The average Bonchev–Trinajstić information content (AvgIpc) is 3.15. The molecule has 2 N–H and O–H groups in total. The first-order valence-corrected chi connectivity index (χ1v) is 12.3. The van der Waals surface area contributed by atoms with Gasteiger partial charge in [-0.1, -0.05) is 26.0 Å². The zero-order chi connectivity index (χ0) is 25.8. The average molecular weight is 482 g/mol. The van der Waals surface area contributed by atoms with Gasteiger partial charge in [-0.2, -0.15) is 5.26 Å². The van der Waals surface area contributed by atoms with E-state index in [9.17, 15) is 20.0 Å². The summed E-state index contributed by atoms with van der Waals surface area (Å²) in [7, 11) is 0.731. The fraction of sp³-hybridized carbons (Fsp3) is 0.654. The molecular weight excluding hydrogens is 447 g/mol. The molecular formula is C26H35BN2O6. The Morgan fingerprint density at radius 2 is 2.06 bits per heavy atom. The molecule has 5 unspecified atom stereocenters. The van der Waals surface area contributed by atoms with E-state index in [-0.39, 0.29) is 41.6 Å². The summed E-state index contributed by atoms with van der Waals surface area (Å²) in [6, 6.07) is 7.09. The standard InChI is InChI=1S/C26H35BN2O6/c1-24(2,14-28)13-21(30)29-20(10-15-8-7-9-17(23(31)32)22(15)33-6)27-34-19-12-16-11-18(25(16,3)4)26(19,5)35-27/h7-9,16,18-20H,10-13H2,1-6H3,(H,29,30)(H,31,32). The number of nitrogens with one attached hydrogen (secondary N) is 1. The minimum Gasteiger partial charge on any atom is -0.496 e. The maximum atomic E-state index is 13.0. The van der Waals surface area contributed by atoms with E-state index in [1.165, 1.54) is 13.2 Å². The number of nitriles is 1. The quantitative estimate of drug-likeness (QED) is 0.544. The Balaban J connectivity index is 1.62. The molecule has 0 spiro atoms. The molecule has 3 saturated carbocycles. The van der Waals surface area contributed by atoms with Gasteiger partial charge < -0.3 is 24.5 Å². The lowest BCUT2D eigenvalue weighted by atomic mass is 9.43. The minimum atomic E-state index is -1.09. The van der Waals surface area contributed by atoms with E-state index in [0.717, 1.165) is 12.8 Å². The molecule has 1 aromatic carbocycles. The van der Waals surface area contributed by atoms with Crippen LogP contribution in [0.25, 0.3) is 0 Å². The zero-order valence-corrected chi connectivity index (χ0v) is 21.4. The van der Waals surface area contributed by atoms with Gasteiger partial charge >= 0.3 is 13.1 Å². The highest BCUT2D eigenvalue weighted by Gasteiger charge is 2.68. The van der Waals surface area contributed by atoms with Gasteiger partial charge in [-0.3, -0.25) is 4.79 Å². The summed E-state index contributed by atoms with van der Waals surface area (Å²) in [5.41, 5.74) is -0.410. The molecule has 5 atom stereocenters. The fourth-order valence-electron chi connectivity index (χ4n) is 6.38. The molecule has 1 saturated heterocycles. The van der Waals surface area contributed by atoms with E-state index >= 15 is 0 Å². The van der Waals surface area contributed by atoms with Crippen molar-refractivity contribution in [3.8, 4) is 11.8 Å². The van der Waals surface area contributed by atoms with Crippen LogP contribution in [0.2, 0.25) is 0 Å². The molecule has 4 aliphatic rings. The van der Waals surface area contributed by atoms with Gasteiger partial charge in [-0.05, 0) is 68.9 Å². The van der Waals surface area contributed by atoms with Crippen molar-refractivity contribution in [1.29, 1.82) is 5.26 Å². The van der Waals surface area contributed by atoms with Crippen LogP contribution in [0.3, 0.4) is 0 Å². The number of methoxy groups -OCH3 is 1.